The third kappa shape index (κ3) is 1.47. The fourth-order valence-corrected chi connectivity index (χ4v) is 2.29. The number of aromatic hydroxyl groups is 1. The molecule has 84 valence electrons. The summed E-state index contributed by atoms with van der Waals surface area (Å²) in [6.07, 6.45) is 0. The molecule has 17 heavy (non-hydrogen) atoms. The largest absolute Gasteiger partial charge is 0.508 e. The molecule has 3 nitrogen and oxygen atoms in total. The molecule has 0 atom stereocenters. The van der Waals surface area contributed by atoms with Crippen molar-refractivity contribution in [2.24, 2.45) is 0 Å². The zero-order valence-electron chi connectivity index (χ0n) is 8.70. The average Bonchev–Trinajstić information content (AvgIpc) is 2.31. The van der Waals surface area contributed by atoms with E-state index in [9.17, 15) is 9.90 Å². The third-order valence-corrected chi connectivity index (χ3v) is 3.07. The molecule has 0 aliphatic carbocycles. The standard InChI is InChI=1S/C13H8ClNO2/c14-11-6-7(16)5-10-8-3-1-2-4-9(8)13(17)15-12(10)11/h1-6,16H,(H,15,17). The number of hydrogen-bond acceptors (Lipinski definition) is 2. The molecule has 0 amide bonds. The number of pyridine rings is 1. The smallest absolute Gasteiger partial charge is 0.256 e. The number of benzene rings is 2. The van der Waals surface area contributed by atoms with Crippen LogP contribution in [0.5, 0.6) is 5.75 Å². The number of phenolic OH excluding ortho intramolecular Hbond substituents is 1. The van der Waals surface area contributed by atoms with Gasteiger partial charge in [-0.05, 0) is 17.5 Å². The van der Waals surface area contributed by atoms with E-state index < -0.39 is 0 Å². The minimum Gasteiger partial charge on any atom is -0.508 e. The Kier molecular flexibility index (Phi) is 2.09. The summed E-state index contributed by atoms with van der Waals surface area (Å²) in [6.45, 7) is 0. The molecule has 1 aromatic heterocycles. The van der Waals surface area contributed by atoms with Gasteiger partial charge in [-0.2, -0.15) is 0 Å². The minimum absolute atomic E-state index is 0.0831. The van der Waals surface area contributed by atoms with Crippen LogP contribution in [-0.4, -0.2) is 10.1 Å². The van der Waals surface area contributed by atoms with Crippen LogP contribution >= 0.6 is 11.6 Å². The Morgan fingerprint density at radius 1 is 1.06 bits per heavy atom. The lowest BCUT2D eigenvalue weighted by Crippen LogP contribution is -2.06. The molecule has 0 saturated heterocycles. The molecule has 0 aliphatic heterocycles. The number of nitrogens with one attached hydrogen (secondary N) is 1. The maximum atomic E-state index is 11.9. The molecular weight excluding hydrogens is 238 g/mol. The topological polar surface area (TPSA) is 53.1 Å². The summed E-state index contributed by atoms with van der Waals surface area (Å²) in [6, 6.07) is 10.2. The monoisotopic (exact) mass is 245 g/mol. The third-order valence-electron chi connectivity index (χ3n) is 2.78. The molecule has 0 radical (unpaired) electrons. The summed E-state index contributed by atoms with van der Waals surface area (Å²) in [4.78, 5) is 14.6. The predicted molar refractivity (Wildman–Crippen MR) is 68.7 cm³/mol. The normalized spacial score (nSPS) is 11.1. The second-order valence-electron chi connectivity index (χ2n) is 3.85. The molecule has 0 aliphatic rings. The lowest BCUT2D eigenvalue weighted by atomic mass is 10.1. The lowest BCUT2D eigenvalue weighted by Gasteiger charge is -2.05. The highest BCUT2D eigenvalue weighted by molar-refractivity contribution is 6.36. The second-order valence-corrected chi connectivity index (χ2v) is 4.26. The predicted octanol–water partition coefficient (Wildman–Crippen LogP) is 3.04. The van der Waals surface area contributed by atoms with Gasteiger partial charge in [0, 0.05) is 16.8 Å². The van der Waals surface area contributed by atoms with Gasteiger partial charge in [-0.1, -0.05) is 29.8 Å². The van der Waals surface area contributed by atoms with Gasteiger partial charge in [-0.3, -0.25) is 4.79 Å². The van der Waals surface area contributed by atoms with Gasteiger partial charge in [0.05, 0.1) is 10.5 Å². The van der Waals surface area contributed by atoms with Crippen LogP contribution in [0.15, 0.2) is 41.2 Å². The Morgan fingerprint density at radius 2 is 1.76 bits per heavy atom. The van der Waals surface area contributed by atoms with Crippen LogP contribution in [0, 0.1) is 0 Å². The molecule has 4 heteroatoms. The second kappa shape index (κ2) is 3.50. The van der Waals surface area contributed by atoms with Gasteiger partial charge in [0.25, 0.3) is 5.56 Å². The van der Waals surface area contributed by atoms with Crippen molar-refractivity contribution in [3.8, 4) is 5.75 Å². The Morgan fingerprint density at radius 3 is 2.53 bits per heavy atom. The van der Waals surface area contributed by atoms with E-state index >= 15 is 0 Å². The van der Waals surface area contributed by atoms with Crippen molar-refractivity contribution in [1.82, 2.24) is 4.98 Å². The van der Waals surface area contributed by atoms with Crippen LogP contribution in [0.4, 0.5) is 0 Å². The van der Waals surface area contributed by atoms with E-state index in [0.717, 1.165) is 10.8 Å². The Balaban J connectivity index is 2.68. The van der Waals surface area contributed by atoms with Gasteiger partial charge in [0.2, 0.25) is 0 Å². The Labute approximate surface area is 101 Å². The quantitative estimate of drug-likeness (QED) is 0.598. The molecule has 0 bridgehead atoms. The van der Waals surface area contributed by atoms with E-state index in [2.05, 4.69) is 4.98 Å². The van der Waals surface area contributed by atoms with Gasteiger partial charge in [0.15, 0.2) is 0 Å². The van der Waals surface area contributed by atoms with Crippen LogP contribution < -0.4 is 5.56 Å². The summed E-state index contributed by atoms with van der Waals surface area (Å²) in [7, 11) is 0. The molecular formula is C13H8ClNO2. The Bertz CT molecular complexity index is 792. The van der Waals surface area contributed by atoms with Crippen LogP contribution in [0.1, 0.15) is 0 Å². The van der Waals surface area contributed by atoms with E-state index in [0.29, 0.717) is 15.9 Å². The number of aromatic nitrogens is 1. The summed E-state index contributed by atoms with van der Waals surface area (Å²) in [5.41, 5.74) is 0.369. The van der Waals surface area contributed by atoms with Crippen LogP contribution in [-0.2, 0) is 0 Å². The molecule has 1 heterocycles. The number of rotatable bonds is 0. The zero-order valence-corrected chi connectivity index (χ0v) is 9.45. The summed E-state index contributed by atoms with van der Waals surface area (Å²) in [5.74, 6) is 0.0831. The first kappa shape index (κ1) is 10.2. The molecule has 0 spiro atoms. The highest BCUT2D eigenvalue weighted by Crippen LogP contribution is 2.30. The molecule has 3 aromatic rings. The fraction of sp³-hybridized carbons (Fsp3) is 0. The van der Waals surface area contributed by atoms with E-state index in [-0.39, 0.29) is 11.3 Å². The molecule has 3 rings (SSSR count). The number of phenols is 1. The molecule has 0 fully saturated rings. The van der Waals surface area contributed by atoms with Crippen molar-refractivity contribution in [3.63, 3.8) is 0 Å². The summed E-state index contributed by atoms with van der Waals surface area (Å²) >= 11 is 6.00. The van der Waals surface area contributed by atoms with Crippen molar-refractivity contribution >= 4 is 33.3 Å². The van der Waals surface area contributed by atoms with Gasteiger partial charge < -0.3 is 10.1 Å². The first-order valence-corrected chi connectivity index (χ1v) is 5.48. The molecule has 2 N–H and O–H groups in total. The van der Waals surface area contributed by atoms with Crippen LogP contribution in [0.3, 0.4) is 0 Å². The van der Waals surface area contributed by atoms with Crippen LogP contribution in [0.25, 0.3) is 21.7 Å². The first-order chi connectivity index (χ1) is 8.16. The average molecular weight is 246 g/mol. The first-order valence-electron chi connectivity index (χ1n) is 5.10. The van der Waals surface area contributed by atoms with Crippen molar-refractivity contribution in [2.75, 3.05) is 0 Å². The maximum absolute atomic E-state index is 11.9. The van der Waals surface area contributed by atoms with E-state index in [4.69, 9.17) is 11.6 Å². The Hall–Kier alpha value is -2.00. The van der Waals surface area contributed by atoms with Crippen LogP contribution in [0.2, 0.25) is 5.02 Å². The molecule has 0 unspecified atom stereocenters. The SMILES string of the molecule is O=c1[nH]c2c(Cl)cc(O)cc2c2ccccc12. The minimum atomic E-state index is -0.180. The highest BCUT2D eigenvalue weighted by atomic mass is 35.5. The zero-order chi connectivity index (χ0) is 12.0. The summed E-state index contributed by atoms with van der Waals surface area (Å²) < 4.78 is 0. The summed E-state index contributed by atoms with van der Waals surface area (Å²) in [5, 5.41) is 12.0. The van der Waals surface area contributed by atoms with Crippen molar-refractivity contribution in [3.05, 3.63) is 51.8 Å². The van der Waals surface area contributed by atoms with Gasteiger partial charge in [0.1, 0.15) is 5.75 Å². The van der Waals surface area contributed by atoms with Gasteiger partial charge in [-0.15, -0.1) is 0 Å². The van der Waals surface area contributed by atoms with Crippen molar-refractivity contribution in [2.45, 2.75) is 0 Å². The van der Waals surface area contributed by atoms with Crippen molar-refractivity contribution < 1.29 is 5.11 Å². The number of halogens is 1. The van der Waals surface area contributed by atoms with Crippen molar-refractivity contribution in [1.29, 1.82) is 0 Å². The highest BCUT2D eigenvalue weighted by Gasteiger charge is 2.08. The maximum Gasteiger partial charge on any atom is 0.256 e. The molecule has 2 aromatic carbocycles. The van der Waals surface area contributed by atoms with E-state index in [1.807, 2.05) is 12.1 Å². The van der Waals surface area contributed by atoms with E-state index in [1.54, 1.807) is 18.2 Å². The van der Waals surface area contributed by atoms with E-state index in [1.165, 1.54) is 6.07 Å². The van der Waals surface area contributed by atoms with Gasteiger partial charge in [-0.25, -0.2) is 0 Å². The number of fused-ring (bicyclic) bond motifs is 3. The lowest BCUT2D eigenvalue weighted by molar-refractivity contribution is 0.476. The number of H-pyrrole nitrogens is 1. The van der Waals surface area contributed by atoms with Gasteiger partial charge >= 0.3 is 0 Å². The molecule has 0 saturated carbocycles. The fourth-order valence-electron chi connectivity index (χ4n) is 2.03. The number of aromatic amines is 1. The number of hydrogen-bond donors (Lipinski definition) is 2.